The molecule has 1 aromatic carbocycles. The van der Waals surface area contributed by atoms with Crippen LogP contribution < -0.4 is 4.74 Å². The van der Waals surface area contributed by atoms with Gasteiger partial charge in [0, 0.05) is 24.1 Å². The van der Waals surface area contributed by atoms with Gasteiger partial charge in [-0.1, -0.05) is 6.92 Å². The summed E-state index contributed by atoms with van der Waals surface area (Å²) in [4.78, 5) is 0. The molecule has 2 atom stereocenters. The van der Waals surface area contributed by atoms with Crippen molar-refractivity contribution in [2.24, 2.45) is 0 Å². The van der Waals surface area contributed by atoms with E-state index < -0.39 is 6.10 Å². The molecule has 0 aliphatic carbocycles. The Hall–Kier alpha value is -1.42. The van der Waals surface area contributed by atoms with E-state index in [-0.39, 0.29) is 17.6 Å². The number of aliphatic hydroxyl groups is 1. The molecule has 0 radical (unpaired) electrons. The number of ether oxygens (including phenoxy) is 1. The Morgan fingerprint density at radius 2 is 2.13 bits per heavy atom. The van der Waals surface area contributed by atoms with Gasteiger partial charge in [0.25, 0.3) is 0 Å². The summed E-state index contributed by atoms with van der Waals surface area (Å²) in [5.74, 6) is 0.403. The number of aromatic hydroxyl groups is 2. The quantitative estimate of drug-likeness (QED) is 0.650. The number of fused-ring (bicyclic) bond motifs is 1. The average molecular weight is 210 g/mol. The molecule has 82 valence electrons. The second-order valence-corrected chi connectivity index (χ2v) is 3.78. The summed E-state index contributed by atoms with van der Waals surface area (Å²) in [7, 11) is 0. The summed E-state index contributed by atoms with van der Waals surface area (Å²) < 4.78 is 5.48. The first-order valence-corrected chi connectivity index (χ1v) is 5.01. The number of aliphatic hydroxyl groups excluding tert-OH is 1. The molecule has 1 aliphatic rings. The predicted molar refractivity (Wildman–Crippen MR) is 54.2 cm³/mol. The van der Waals surface area contributed by atoms with Crippen LogP contribution in [-0.4, -0.2) is 27.5 Å². The van der Waals surface area contributed by atoms with Gasteiger partial charge in [-0.15, -0.1) is 0 Å². The highest BCUT2D eigenvalue weighted by Gasteiger charge is 2.29. The van der Waals surface area contributed by atoms with Crippen LogP contribution in [0, 0.1) is 0 Å². The van der Waals surface area contributed by atoms with E-state index in [2.05, 4.69) is 0 Å². The second kappa shape index (κ2) is 3.62. The summed E-state index contributed by atoms with van der Waals surface area (Å²) in [6, 6.07) is 2.71. The first-order chi connectivity index (χ1) is 7.11. The number of phenols is 2. The summed E-state index contributed by atoms with van der Waals surface area (Å²) in [5, 5.41) is 28.6. The van der Waals surface area contributed by atoms with Gasteiger partial charge in [0.2, 0.25) is 0 Å². The molecule has 2 unspecified atom stereocenters. The van der Waals surface area contributed by atoms with Gasteiger partial charge >= 0.3 is 0 Å². The van der Waals surface area contributed by atoms with Crippen molar-refractivity contribution < 1.29 is 20.1 Å². The maximum Gasteiger partial charge on any atom is 0.130 e. The van der Waals surface area contributed by atoms with Gasteiger partial charge in [-0.05, 0) is 6.42 Å². The molecule has 4 heteroatoms. The van der Waals surface area contributed by atoms with Crippen molar-refractivity contribution in [2.45, 2.75) is 32.0 Å². The minimum Gasteiger partial charge on any atom is -0.508 e. The van der Waals surface area contributed by atoms with Crippen molar-refractivity contribution in [1.82, 2.24) is 0 Å². The van der Waals surface area contributed by atoms with E-state index in [9.17, 15) is 15.3 Å². The molecule has 0 saturated carbocycles. The van der Waals surface area contributed by atoms with E-state index in [1.54, 1.807) is 0 Å². The van der Waals surface area contributed by atoms with Crippen molar-refractivity contribution in [3.05, 3.63) is 17.7 Å². The van der Waals surface area contributed by atoms with Crippen molar-refractivity contribution in [3.63, 3.8) is 0 Å². The van der Waals surface area contributed by atoms with Crippen LogP contribution in [0.15, 0.2) is 12.1 Å². The molecule has 1 heterocycles. The Kier molecular flexibility index (Phi) is 2.44. The van der Waals surface area contributed by atoms with E-state index >= 15 is 0 Å². The summed E-state index contributed by atoms with van der Waals surface area (Å²) in [5.41, 5.74) is 0.560. The first-order valence-electron chi connectivity index (χ1n) is 5.01. The van der Waals surface area contributed by atoms with Crippen LogP contribution in [-0.2, 0) is 6.42 Å². The molecule has 0 amide bonds. The van der Waals surface area contributed by atoms with Crippen molar-refractivity contribution in [3.8, 4) is 17.2 Å². The molecule has 1 aliphatic heterocycles. The van der Waals surface area contributed by atoms with Crippen LogP contribution in [0.3, 0.4) is 0 Å². The largest absolute Gasteiger partial charge is 0.508 e. The monoisotopic (exact) mass is 210 g/mol. The zero-order valence-electron chi connectivity index (χ0n) is 8.47. The molecule has 0 bridgehead atoms. The highest BCUT2D eigenvalue weighted by Crippen LogP contribution is 2.38. The Balaban J connectivity index is 2.40. The van der Waals surface area contributed by atoms with Gasteiger partial charge in [0.05, 0.1) is 6.10 Å². The van der Waals surface area contributed by atoms with Crippen LogP contribution in [0.5, 0.6) is 17.2 Å². The highest BCUT2D eigenvalue weighted by molar-refractivity contribution is 5.50. The number of hydrogen-bond donors (Lipinski definition) is 3. The molecular formula is C11H14O4. The molecule has 15 heavy (non-hydrogen) atoms. The highest BCUT2D eigenvalue weighted by atomic mass is 16.5. The Labute approximate surface area is 87.7 Å². The van der Waals surface area contributed by atoms with Crippen LogP contribution >= 0.6 is 0 Å². The number of hydrogen-bond acceptors (Lipinski definition) is 4. The molecule has 0 aromatic heterocycles. The van der Waals surface area contributed by atoms with Crippen molar-refractivity contribution >= 4 is 0 Å². The van der Waals surface area contributed by atoms with Gasteiger partial charge in [-0.3, -0.25) is 0 Å². The lowest BCUT2D eigenvalue weighted by Crippen LogP contribution is -2.36. The van der Waals surface area contributed by atoms with E-state index in [4.69, 9.17) is 4.74 Å². The average Bonchev–Trinajstić information content (AvgIpc) is 2.18. The maximum atomic E-state index is 9.71. The Morgan fingerprint density at radius 1 is 1.40 bits per heavy atom. The molecule has 2 rings (SSSR count). The number of rotatable bonds is 1. The van der Waals surface area contributed by atoms with Gasteiger partial charge < -0.3 is 20.1 Å². The van der Waals surface area contributed by atoms with Crippen LogP contribution in [0.2, 0.25) is 0 Å². The first kappa shape index (κ1) is 10.1. The molecule has 4 nitrogen and oxygen atoms in total. The Bertz CT molecular complexity index is 375. The normalized spacial score (nSPS) is 24.4. The van der Waals surface area contributed by atoms with Crippen LogP contribution in [0.25, 0.3) is 0 Å². The number of benzene rings is 1. The summed E-state index contributed by atoms with van der Waals surface area (Å²) in [6.45, 7) is 1.92. The van der Waals surface area contributed by atoms with E-state index in [0.29, 0.717) is 24.2 Å². The van der Waals surface area contributed by atoms with Gasteiger partial charge in [-0.25, -0.2) is 0 Å². The fraction of sp³-hybridized carbons (Fsp3) is 0.455. The van der Waals surface area contributed by atoms with Gasteiger partial charge in [0.1, 0.15) is 23.4 Å². The molecular weight excluding hydrogens is 196 g/mol. The zero-order valence-corrected chi connectivity index (χ0v) is 8.47. The summed E-state index contributed by atoms with van der Waals surface area (Å²) in [6.07, 6.45) is 0.188. The zero-order chi connectivity index (χ0) is 11.0. The third-order valence-electron chi connectivity index (χ3n) is 2.69. The van der Waals surface area contributed by atoms with Crippen LogP contribution in [0.1, 0.15) is 18.9 Å². The lowest BCUT2D eigenvalue weighted by Gasteiger charge is -2.30. The van der Waals surface area contributed by atoms with Crippen molar-refractivity contribution in [1.29, 1.82) is 0 Å². The Morgan fingerprint density at radius 3 is 2.80 bits per heavy atom. The fourth-order valence-corrected chi connectivity index (χ4v) is 1.86. The third-order valence-corrected chi connectivity index (χ3v) is 2.69. The fourth-order valence-electron chi connectivity index (χ4n) is 1.86. The van der Waals surface area contributed by atoms with E-state index in [1.165, 1.54) is 12.1 Å². The standard InChI is InChI=1S/C11H14O4/c1-2-10-9(14)5-7-8(13)3-6(12)4-11(7)15-10/h3-4,9-10,12-14H,2,5H2,1H3. The molecule has 3 N–H and O–H groups in total. The molecule has 0 saturated heterocycles. The van der Waals surface area contributed by atoms with Crippen LogP contribution in [0.4, 0.5) is 0 Å². The maximum absolute atomic E-state index is 9.71. The predicted octanol–water partition coefficient (Wildman–Crippen LogP) is 1.17. The minimum atomic E-state index is -0.599. The van der Waals surface area contributed by atoms with Crippen molar-refractivity contribution in [2.75, 3.05) is 0 Å². The van der Waals surface area contributed by atoms with Gasteiger partial charge in [-0.2, -0.15) is 0 Å². The molecule has 1 aromatic rings. The lowest BCUT2D eigenvalue weighted by molar-refractivity contribution is 0.0190. The van der Waals surface area contributed by atoms with E-state index in [0.717, 1.165) is 0 Å². The smallest absolute Gasteiger partial charge is 0.130 e. The number of phenolic OH excluding ortho intramolecular Hbond substituents is 2. The molecule has 0 fully saturated rings. The summed E-state index contributed by atoms with van der Waals surface area (Å²) >= 11 is 0. The SMILES string of the molecule is CCC1Oc2cc(O)cc(O)c2CC1O. The van der Waals surface area contributed by atoms with E-state index in [1.807, 2.05) is 6.92 Å². The minimum absolute atomic E-state index is 0.0291. The third kappa shape index (κ3) is 1.72. The lowest BCUT2D eigenvalue weighted by atomic mass is 9.97. The second-order valence-electron chi connectivity index (χ2n) is 3.78. The van der Waals surface area contributed by atoms with Gasteiger partial charge in [0.15, 0.2) is 0 Å². The topological polar surface area (TPSA) is 69.9 Å². The molecule has 0 spiro atoms.